The molecule has 1 aromatic heterocycles. The van der Waals surface area contributed by atoms with Crippen LogP contribution < -0.4 is 0 Å². The predicted octanol–water partition coefficient (Wildman–Crippen LogP) is 4.43. The minimum atomic E-state index is -0.656. The van der Waals surface area contributed by atoms with E-state index in [1.165, 1.54) is 22.4 Å². The first-order valence-corrected chi connectivity index (χ1v) is 9.97. The minimum Gasteiger partial charge on any atom is -0.481 e. The molecule has 0 spiro atoms. The maximum atomic E-state index is 11.3. The van der Waals surface area contributed by atoms with Crippen molar-refractivity contribution in [2.24, 2.45) is 5.92 Å². The summed E-state index contributed by atoms with van der Waals surface area (Å²) in [6.07, 6.45) is 7.16. The van der Waals surface area contributed by atoms with Crippen molar-refractivity contribution in [3.05, 3.63) is 65.5 Å². The Bertz CT molecular complexity index is 806. The van der Waals surface area contributed by atoms with Crippen molar-refractivity contribution >= 4 is 11.5 Å². The van der Waals surface area contributed by atoms with Crippen LogP contribution in [0.1, 0.15) is 43.0 Å². The van der Waals surface area contributed by atoms with Crippen molar-refractivity contribution in [1.82, 2.24) is 9.47 Å². The Labute approximate surface area is 162 Å². The van der Waals surface area contributed by atoms with E-state index in [1.807, 2.05) is 0 Å². The number of carbonyl (C=O) groups is 1. The van der Waals surface area contributed by atoms with Gasteiger partial charge in [0.2, 0.25) is 0 Å². The van der Waals surface area contributed by atoms with E-state index in [1.54, 1.807) is 0 Å². The zero-order valence-electron chi connectivity index (χ0n) is 16.4. The number of carboxylic acids is 1. The lowest BCUT2D eigenvalue weighted by molar-refractivity contribution is -0.143. The molecule has 0 radical (unpaired) electrons. The van der Waals surface area contributed by atoms with Gasteiger partial charge < -0.3 is 14.6 Å². The monoisotopic (exact) mass is 366 g/mol. The van der Waals surface area contributed by atoms with E-state index < -0.39 is 5.97 Å². The fourth-order valence-electron chi connectivity index (χ4n) is 4.01. The molecule has 1 aliphatic heterocycles. The van der Waals surface area contributed by atoms with Gasteiger partial charge >= 0.3 is 5.97 Å². The smallest absolute Gasteiger partial charge is 0.307 e. The van der Waals surface area contributed by atoms with Gasteiger partial charge in [-0.2, -0.15) is 0 Å². The summed E-state index contributed by atoms with van der Waals surface area (Å²) < 4.78 is 2.28. The van der Waals surface area contributed by atoms with Crippen LogP contribution in [0.15, 0.2) is 48.7 Å². The summed E-state index contributed by atoms with van der Waals surface area (Å²) in [5.41, 5.74) is 5.06. The van der Waals surface area contributed by atoms with E-state index in [9.17, 15) is 9.90 Å². The lowest BCUT2D eigenvalue weighted by Gasteiger charge is -2.30. The molecule has 1 fully saturated rings. The Morgan fingerprint density at radius 3 is 2.81 bits per heavy atom. The molecule has 1 aliphatic rings. The molecule has 0 amide bonds. The lowest BCUT2D eigenvalue weighted by Crippen LogP contribution is -2.39. The average molecular weight is 367 g/mol. The van der Waals surface area contributed by atoms with E-state index in [0.717, 1.165) is 38.9 Å². The number of aryl methyl sites for hydroxylation is 2. The molecule has 1 unspecified atom stereocenters. The normalized spacial score (nSPS) is 18.6. The van der Waals surface area contributed by atoms with Crippen LogP contribution in [0, 0.1) is 12.8 Å². The average Bonchev–Trinajstić information content (AvgIpc) is 3.15. The fraction of sp³-hybridized carbons (Fsp3) is 0.435. The summed E-state index contributed by atoms with van der Waals surface area (Å²) in [5.74, 6) is -0.868. The van der Waals surface area contributed by atoms with Gasteiger partial charge in [-0.1, -0.05) is 30.3 Å². The molecular weight excluding hydrogens is 336 g/mol. The quantitative estimate of drug-likeness (QED) is 0.788. The van der Waals surface area contributed by atoms with Gasteiger partial charge in [0, 0.05) is 37.1 Å². The van der Waals surface area contributed by atoms with Gasteiger partial charge in [0.05, 0.1) is 5.92 Å². The van der Waals surface area contributed by atoms with Crippen molar-refractivity contribution < 1.29 is 9.90 Å². The molecule has 1 saturated heterocycles. The number of hydrogen-bond donors (Lipinski definition) is 1. The number of benzene rings is 1. The van der Waals surface area contributed by atoms with Crippen molar-refractivity contribution in [1.29, 1.82) is 0 Å². The number of nitrogens with zero attached hydrogens (tertiary/aromatic N) is 2. The molecular formula is C23H30N2O2. The standard InChI is InChI=1S/C23H30N2O2/c1-3-25-16-8-13-22(25)21(20-11-5-4-9-18(20)2)12-7-15-24-14-6-10-19(17-24)23(26)27/h4-5,8-9,11-13,16,19H,3,6-7,10,14-15,17H2,1-2H3,(H,26,27). The molecule has 2 aromatic rings. The predicted molar refractivity (Wildman–Crippen MR) is 110 cm³/mol. The Morgan fingerprint density at radius 2 is 2.07 bits per heavy atom. The second-order valence-corrected chi connectivity index (χ2v) is 7.38. The Hall–Kier alpha value is -2.33. The van der Waals surface area contributed by atoms with Crippen LogP contribution in [0.5, 0.6) is 0 Å². The third-order valence-electron chi connectivity index (χ3n) is 5.53. The van der Waals surface area contributed by atoms with Crippen LogP contribution >= 0.6 is 0 Å². The first kappa shape index (κ1) is 19.4. The van der Waals surface area contributed by atoms with Gasteiger partial charge in [0.15, 0.2) is 0 Å². The molecule has 0 saturated carbocycles. The van der Waals surface area contributed by atoms with Gasteiger partial charge in [0.1, 0.15) is 0 Å². The third kappa shape index (κ3) is 4.69. The highest BCUT2D eigenvalue weighted by Gasteiger charge is 2.24. The summed E-state index contributed by atoms with van der Waals surface area (Å²) in [6.45, 7) is 7.85. The third-order valence-corrected chi connectivity index (χ3v) is 5.53. The highest BCUT2D eigenvalue weighted by atomic mass is 16.4. The summed E-state index contributed by atoms with van der Waals surface area (Å²) in [4.78, 5) is 13.6. The van der Waals surface area contributed by atoms with E-state index in [-0.39, 0.29) is 5.92 Å². The van der Waals surface area contributed by atoms with Gasteiger partial charge in [0.25, 0.3) is 0 Å². The van der Waals surface area contributed by atoms with Crippen LogP contribution in [-0.2, 0) is 11.3 Å². The molecule has 144 valence electrons. The Morgan fingerprint density at radius 1 is 1.26 bits per heavy atom. The highest BCUT2D eigenvalue weighted by Crippen LogP contribution is 2.27. The highest BCUT2D eigenvalue weighted by molar-refractivity contribution is 5.80. The summed E-state index contributed by atoms with van der Waals surface area (Å²) >= 11 is 0. The number of carboxylic acid groups (broad SMARTS) is 1. The number of aliphatic carboxylic acids is 1. The molecule has 1 N–H and O–H groups in total. The maximum Gasteiger partial charge on any atom is 0.307 e. The summed E-state index contributed by atoms with van der Waals surface area (Å²) in [7, 11) is 0. The number of aromatic nitrogens is 1. The largest absolute Gasteiger partial charge is 0.481 e. The first-order chi connectivity index (χ1) is 13.1. The number of likely N-dealkylation sites (tertiary alicyclic amines) is 1. The SMILES string of the molecule is CCn1cccc1C(=CCCN1CCCC(C(=O)O)C1)c1ccccc1C. The minimum absolute atomic E-state index is 0.212. The van der Waals surface area contributed by atoms with Crippen molar-refractivity contribution in [2.75, 3.05) is 19.6 Å². The lowest BCUT2D eigenvalue weighted by atomic mass is 9.96. The van der Waals surface area contributed by atoms with Crippen LogP contribution in [-0.4, -0.2) is 40.2 Å². The molecule has 1 aromatic carbocycles. The van der Waals surface area contributed by atoms with Crippen LogP contribution in [0.25, 0.3) is 5.57 Å². The Kier molecular flexibility index (Phi) is 6.51. The van der Waals surface area contributed by atoms with Crippen molar-refractivity contribution in [3.63, 3.8) is 0 Å². The van der Waals surface area contributed by atoms with E-state index >= 15 is 0 Å². The van der Waals surface area contributed by atoms with Gasteiger partial charge in [-0.3, -0.25) is 4.79 Å². The van der Waals surface area contributed by atoms with Crippen molar-refractivity contribution in [3.8, 4) is 0 Å². The maximum absolute atomic E-state index is 11.3. The zero-order valence-corrected chi connectivity index (χ0v) is 16.4. The molecule has 0 bridgehead atoms. The van der Waals surface area contributed by atoms with E-state index in [0.29, 0.717) is 6.54 Å². The second kappa shape index (κ2) is 9.05. The summed E-state index contributed by atoms with van der Waals surface area (Å²) in [5, 5.41) is 9.29. The first-order valence-electron chi connectivity index (χ1n) is 9.97. The van der Waals surface area contributed by atoms with Crippen LogP contribution in [0.3, 0.4) is 0 Å². The van der Waals surface area contributed by atoms with Crippen LogP contribution in [0.4, 0.5) is 0 Å². The topological polar surface area (TPSA) is 45.5 Å². The van der Waals surface area contributed by atoms with Gasteiger partial charge in [-0.25, -0.2) is 0 Å². The second-order valence-electron chi connectivity index (χ2n) is 7.38. The zero-order chi connectivity index (χ0) is 19.2. The van der Waals surface area contributed by atoms with Crippen molar-refractivity contribution in [2.45, 2.75) is 39.7 Å². The molecule has 3 rings (SSSR count). The van der Waals surface area contributed by atoms with E-state index in [2.05, 4.69) is 72.0 Å². The van der Waals surface area contributed by atoms with Gasteiger partial charge in [-0.15, -0.1) is 0 Å². The van der Waals surface area contributed by atoms with Gasteiger partial charge in [-0.05, 0) is 62.9 Å². The molecule has 4 heteroatoms. The molecule has 2 heterocycles. The van der Waals surface area contributed by atoms with Crippen LogP contribution in [0.2, 0.25) is 0 Å². The summed E-state index contributed by atoms with van der Waals surface area (Å²) in [6, 6.07) is 12.8. The Balaban J connectivity index is 1.79. The molecule has 1 atom stereocenters. The molecule has 0 aliphatic carbocycles. The number of piperidine rings is 1. The van der Waals surface area contributed by atoms with E-state index in [4.69, 9.17) is 0 Å². The molecule has 4 nitrogen and oxygen atoms in total. The number of hydrogen-bond acceptors (Lipinski definition) is 2. The fourth-order valence-corrected chi connectivity index (χ4v) is 4.01. The number of rotatable bonds is 7. The molecule has 27 heavy (non-hydrogen) atoms.